The zero-order chi connectivity index (χ0) is 20.4. The topological polar surface area (TPSA) is 153 Å². The molecule has 2 aromatic rings. The van der Waals surface area contributed by atoms with Crippen molar-refractivity contribution < 1.29 is 23.8 Å². The lowest BCUT2D eigenvalue weighted by atomic mass is 10.2. The first kappa shape index (κ1) is 19.8. The van der Waals surface area contributed by atoms with Crippen LogP contribution in [0.5, 0.6) is 0 Å². The van der Waals surface area contributed by atoms with Crippen LogP contribution in [0, 0.1) is 0 Å². The van der Waals surface area contributed by atoms with Crippen molar-refractivity contribution in [3.05, 3.63) is 16.0 Å². The maximum absolute atomic E-state index is 13.0. The average Bonchev–Trinajstić information content (AvgIpc) is 3.25. The predicted molar refractivity (Wildman–Crippen MR) is 97.5 cm³/mol. The number of ether oxygens (including phenoxy) is 3. The normalized spacial score (nSPS) is 18.9. The number of nitrogens with zero attached hydrogens (tertiary/aromatic N) is 5. The smallest absolute Gasteiger partial charge is 0.361 e. The average molecular weight is 410 g/mol. The molecule has 3 heterocycles. The molecule has 0 aliphatic carbocycles. The molecule has 2 aromatic heterocycles. The molecule has 1 aliphatic heterocycles. The number of nitrogens with two attached hydrogens (primary N) is 1. The Balaban J connectivity index is 1.98. The minimum atomic E-state index is -0.771. The summed E-state index contributed by atoms with van der Waals surface area (Å²) in [5.74, 6) is -1.19. The fourth-order valence-electron chi connectivity index (χ4n) is 2.82. The first-order chi connectivity index (χ1) is 13.3. The molecular formula is C15H18N6O6S. The van der Waals surface area contributed by atoms with Crippen LogP contribution in [0.15, 0.2) is 4.79 Å². The number of carbonyl (C=O) groups is 2. The largest absolute Gasteiger partial charge is 0.463 e. The van der Waals surface area contributed by atoms with Crippen molar-refractivity contribution in [2.24, 2.45) is 5.73 Å². The summed E-state index contributed by atoms with van der Waals surface area (Å²) in [4.78, 5) is 36.0. The quantitative estimate of drug-likeness (QED) is 0.501. The van der Waals surface area contributed by atoms with Gasteiger partial charge in [-0.05, 0) is 32.0 Å². The number of aromatic nitrogens is 5. The van der Waals surface area contributed by atoms with Gasteiger partial charge in [-0.15, -0.1) is 5.10 Å². The molecule has 13 heteroatoms. The molecular weight excluding hydrogens is 392 g/mol. The molecule has 150 valence electrons. The van der Waals surface area contributed by atoms with E-state index in [-0.39, 0.29) is 41.2 Å². The van der Waals surface area contributed by atoms with Gasteiger partial charge in [-0.3, -0.25) is 9.59 Å². The zero-order valence-corrected chi connectivity index (χ0v) is 16.0. The highest BCUT2D eigenvalue weighted by Gasteiger charge is 2.31. The van der Waals surface area contributed by atoms with Crippen molar-refractivity contribution in [1.29, 1.82) is 0 Å². The standard InChI is InChI=1S/C15H18N6O6S/c1-3-25-14(24)11-10-12(21(18-11)15(16)28)13(23)20(19-17-10)9-5-4-8(27-9)6-26-7(2)22/h8-9H,3-6H2,1-2H3,(H2,16,28). The molecule has 28 heavy (non-hydrogen) atoms. The van der Waals surface area contributed by atoms with Gasteiger partial charge in [0.25, 0.3) is 5.56 Å². The third-order valence-corrected chi connectivity index (χ3v) is 4.19. The minimum Gasteiger partial charge on any atom is -0.463 e. The number of rotatable bonds is 5. The third kappa shape index (κ3) is 3.71. The number of hydrogen-bond donors (Lipinski definition) is 1. The van der Waals surface area contributed by atoms with Crippen LogP contribution in [-0.4, -0.2) is 61.1 Å². The Morgan fingerprint density at radius 3 is 2.75 bits per heavy atom. The van der Waals surface area contributed by atoms with Gasteiger partial charge >= 0.3 is 11.9 Å². The molecule has 2 unspecified atom stereocenters. The Kier molecular flexibility index (Phi) is 5.65. The van der Waals surface area contributed by atoms with Crippen molar-refractivity contribution in [2.45, 2.75) is 39.0 Å². The van der Waals surface area contributed by atoms with E-state index in [9.17, 15) is 14.4 Å². The van der Waals surface area contributed by atoms with Crippen LogP contribution in [0.1, 0.15) is 43.4 Å². The molecule has 12 nitrogen and oxygen atoms in total. The second-order valence-corrected chi connectivity index (χ2v) is 6.37. The molecule has 1 fully saturated rings. The number of hydrogen-bond acceptors (Lipinski definition) is 10. The maximum atomic E-state index is 13.0. The lowest BCUT2D eigenvalue weighted by Gasteiger charge is -2.14. The van der Waals surface area contributed by atoms with Crippen molar-refractivity contribution in [2.75, 3.05) is 13.2 Å². The van der Waals surface area contributed by atoms with Gasteiger partial charge in [0.05, 0.1) is 12.7 Å². The summed E-state index contributed by atoms with van der Waals surface area (Å²) >= 11 is 4.92. The first-order valence-corrected chi connectivity index (χ1v) is 8.88. The van der Waals surface area contributed by atoms with Gasteiger partial charge in [0.15, 0.2) is 28.1 Å². The van der Waals surface area contributed by atoms with Crippen LogP contribution in [-0.2, 0) is 19.0 Å². The highest BCUT2D eigenvalue weighted by Crippen LogP contribution is 2.27. The van der Waals surface area contributed by atoms with Crippen LogP contribution in [0.3, 0.4) is 0 Å². The number of esters is 2. The van der Waals surface area contributed by atoms with Gasteiger partial charge < -0.3 is 19.9 Å². The molecule has 0 aromatic carbocycles. The molecule has 1 aliphatic rings. The molecule has 0 bridgehead atoms. The molecule has 3 rings (SSSR count). The highest BCUT2D eigenvalue weighted by atomic mass is 32.1. The van der Waals surface area contributed by atoms with E-state index >= 15 is 0 Å². The number of thiocarbonyl (C=S) groups is 1. The van der Waals surface area contributed by atoms with Gasteiger partial charge in [0.1, 0.15) is 6.61 Å². The molecule has 0 spiro atoms. The van der Waals surface area contributed by atoms with E-state index in [0.29, 0.717) is 12.8 Å². The SMILES string of the molecule is CCOC(=O)c1nn(C(N)=S)c2c(=O)n(C3CCC(COC(C)=O)O3)nnc12. The zero-order valence-electron chi connectivity index (χ0n) is 15.2. The Bertz CT molecular complexity index is 1000. The second-order valence-electron chi connectivity index (χ2n) is 5.95. The summed E-state index contributed by atoms with van der Waals surface area (Å²) in [7, 11) is 0. The lowest BCUT2D eigenvalue weighted by molar-refractivity contribution is -0.145. The van der Waals surface area contributed by atoms with Crippen LogP contribution in [0.2, 0.25) is 0 Å². The summed E-state index contributed by atoms with van der Waals surface area (Å²) in [6, 6.07) is 0. The fraction of sp³-hybridized carbons (Fsp3) is 0.533. The van der Waals surface area contributed by atoms with Gasteiger partial charge in [-0.1, -0.05) is 5.21 Å². The van der Waals surface area contributed by atoms with Crippen molar-refractivity contribution in [1.82, 2.24) is 24.8 Å². The predicted octanol–water partition coefficient (Wildman–Crippen LogP) is -0.503. The summed E-state index contributed by atoms with van der Waals surface area (Å²) in [6.45, 7) is 3.12. The second kappa shape index (κ2) is 7.98. The molecule has 0 saturated carbocycles. The lowest BCUT2D eigenvalue weighted by Crippen LogP contribution is -2.32. The van der Waals surface area contributed by atoms with Crippen molar-refractivity contribution in [3.63, 3.8) is 0 Å². The van der Waals surface area contributed by atoms with Crippen LogP contribution < -0.4 is 11.3 Å². The molecule has 2 N–H and O–H groups in total. The summed E-state index contributed by atoms with van der Waals surface area (Å²) in [6.07, 6.45) is -0.0652. The van der Waals surface area contributed by atoms with Gasteiger partial charge in [0, 0.05) is 6.92 Å². The molecule has 1 saturated heterocycles. The summed E-state index contributed by atoms with van der Waals surface area (Å²) < 4.78 is 17.5. The third-order valence-electron chi connectivity index (χ3n) is 4.02. The highest BCUT2D eigenvalue weighted by molar-refractivity contribution is 7.80. The van der Waals surface area contributed by atoms with E-state index in [1.165, 1.54) is 6.92 Å². The van der Waals surface area contributed by atoms with Gasteiger partial charge in [-0.25, -0.2) is 4.79 Å². The Hall–Kier alpha value is -2.93. The van der Waals surface area contributed by atoms with Crippen LogP contribution >= 0.6 is 12.2 Å². The minimum absolute atomic E-state index is 0.0676. The van der Waals surface area contributed by atoms with Crippen molar-refractivity contribution >= 4 is 40.3 Å². The maximum Gasteiger partial charge on any atom is 0.361 e. The summed E-state index contributed by atoms with van der Waals surface area (Å²) in [5.41, 5.74) is 4.63. The number of fused-ring (bicyclic) bond motifs is 1. The molecule has 0 amide bonds. The molecule has 2 atom stereocenters. The Morgan fingerprint density at radius 2 is 2.11 bits per heavy atom. The fourth-order valence-corrected chi connectivity index (χ4v) is 2.95. The van der Waals surface area contributed by atoms with Gasteiger partial charge in [-0.2, -0.15) is 14.5 Å². The molecule has 0 radical (unpaired) electrons. The van der Waals surface area contributed by atoms with Crippen LogP contribution in [0.4, 0.5) is 0 Å². The van der Waals surface area contributed by atoms with E-state index in [0.717, 1.165) is 9.36 Å². The van der Waals surface area contributed by atoms with E-state index in [1.807, 2.05) is 0 Å². The number of carbonyl (C=O) groups excluding carboxylic acids is 2. The van der Waals surface area contributed by atoms with Gasteiger partial charge in [0.2, 0.25) is 0 Å². The van der Waals surface area contributed by atoms with E-state index in [2.05, 4.69) is 15.4 Å². The first-order valence-electron chi connectivity index (χ1n) is 8.47. The Labute approximate surface area is 163 Å². The van der Waals surface area contributed by atoms with Crippen LogP contribution in [0.25, 0.3) is 11.0 Å². The van der Waals surface area contributed by atoms with E-state index in [1.54, 1.807) is 6.92 Å². The Morgan fingerprint density at radius 1 is 1.36 bits per heavy atom. The monoisotopic (exact) mass is 410 g/mol. The van der Waals surface area contributed by atoms with E-state index in [4.69, 9.17) is 32.2 Å². The van der Waals surface area contributed by atoms with Crippen molar-refractivity contribution in [3.8, 4) is 0 Å². The van der Waals surface area contributed by atoms with E-state index < -0.39 is 23.7 Å². The summed E-state index contributed by atoms with van der Waals surface area (Å²) in [5, 5.41) is 11.5.